The third-order valence-electron chi connectivity index (χ3n) is 4.43. The lowest BCUT2D eigenvalue weighted by Crippen LogP contribution is -2.32. The number of carbonyl (C=O) groups excluding carboxylic acids is 1. The zero-order valence-electron chi connectivity index (χ0n) is 15.7. The average Bonchev–Trinajstić information content (AvgIpc) is 3.40. The van der Waals surface area contributed by atoms with Crippen molar-refractivity contribution < 1.29 is 4.79 Å². The summed E-state index contributed by atoms with van der Waals surface area (Å²) >= 11 is 4.98. The highest BCUT2D eigenvalue weighted by molar-refractivity contribution is 9.10. The van der Waals surface area contributed by atoms with Gasteiger partial charge in [-0.15, -0.1) is 12.4 Å². The third-order valence-corrected chi connectivity index (χ3v) is 5.97. The van der Waals surface area contributed by atoms with Crippen LogP contribution in [0, 0.1) is 11.3 Å². The normalized spacial score (nSPS) is 10.4. The predicted molar refractivity (Wildman–Crippen MR) is 124 cm³/mol. The maximum absolute atomic E-state index is 13.3. The smallest absolute Gasteiger partial charge is 0.260 e. The number of hydrogen-bond donors (Lipinski definition) is 0. The Kier molecular flexibility index (Phi) is 7.21. The number of amides is 1. The molecule has 0 saturated heterocycles. The van der Waals surface area contributed by atoms with E-state index in [0.29, 0.717) is 22.8 Å². The average molecular weight is 503 g/mol. The number of carbonyl (C=O) groups is 1. The number of hydrogen-bond acceptors (Lipinski definition) is 5. The zero-order chi connectivity index (χ0) is 20.2. The summed E-state index contributed by atoms with van der Waals surface area (Å²) in [5, 5.41) is 9.66. The van der Waals surface area contributed by atoms with Crippen molar-refractivity contribution in [2.45, 2.75) is 13.0 Å². The molecule has 0 atom stereocenters. The fourth-order valence-electron chi connectivity index (χ4n) is 2.96. The van der Waals surface area contributed by atoms with Crippen LogP contribution in [0.25, 0.3) is 10.2 Å². The Morgan fingerprint density at radius 3 is 2.73 bits per heavy atom. The van der Waals surface area contributed by atoms with E-state index in [4.69, 9.17) is 5.26 Å². The van der Waals surface area contributed by atoms with Gasteiger partial charge in [-0.2, -0.15) is 5.26 Å². The van der Waals surface area contributed by atoms with Gasteiger partial charge in [-0.1, -0.05) is 27.3 Å². The molecule has 152 valence electrons. The summed E-state index contributed by atoms with van der Waals surface area (Å²) in [6.07, 6.45) is 6.17. The van der Waals surface area contributed by atoms with E-state index < -0.39 is 0 Å². The molecule has 4 aromatic rings. The first-order chi connectivity index (χ1) is 14.1. The molecule has 0 saturated carbocycles. The molecule has 0 bridgehead atoms. The van der Waals surface area contributed by atoms with Crippen molar-refractivity contribution in [1.29, 1.82) is 5.26 Å². The van der Waals surface area contributed by atoms with Crippen molar-refractivity contribution in [3.63, 3.8) is 0 Å². The van der Waals surface area contributed by atoms with Crippen LogP contribution in [0.5, 0.6) is 0 Å². The largest absolute Gasteiger partial charge is 0.337 e. The van der Waals surface area contributed by atoms with Crippen LogP contribution in [-0.2, 0) is 6.54 Å². The second-order valence-corrected chi connectivity index (χ2v) is 8.33. The molecule has 2 aromatic heterocycles. The first-order valence-corrected chi connectivity index (χ1v) is 10.6. The maximum atomic E-state index is 13.3. The second kappa shape index (κ2) is 9.85. The number of thiazole rings is 1. The Bertz CT molecular complexity index is 1180. The Balaban J connectivity index is 0.00000256. The molecule has 2 heterocycles. The summed E-state index contributed by atoms with van der Waals surface area (Å²) in [7, 11) is 0. The van der Waals surface area contributed by atoms with Crippen LogP contribution in [0.15, 0.2) is 65.7 Å². The minimum absolute atomic E-state index is 0. The maximum Gasteiger partial charge on any atom is 0.260 e. The molecule has 0 aliphatic carbocycles. The molecule has 4 rings (SSSR count). The molecule has 0 radical (unpaired) electrons. The Morgan fingerprint density at radius 2 is 2.03 bits per heavy atom. The van der Waals surface area contributed by atoms with Gasteiger partial charge in [0.2, 0.25) is 0 Å². The Morgan fingerprint density at radius 1 is 1.23 bits per heavy atom. The van der Waals surface area contributed by atoms with Crippen LogP contribution >= 0.6 is 39.7 Å². The highest BCUT2D eigenvalue weighted by Gasteiger charge is 2.21. The predicted octanol–water partition coefficient (Wildman–Crippen LogP) is 5.29. The monoisotopic (exact) mass is 501 g/mol. The van der Waals surface area contributed by atoms with E-state index in [9.17, 15) is 4.79 Å². The Hall–Kier alpha value is -2.73. The second-order valence-electron chi connectivity index (χ2n) is 6.41. The number of benzene rings is 2. The molecule has 1 amide bonds. The van der Waals surface area contributed by atoms with E-state index in [2.05, 4.69) is 32.0 Å². The highest BCUT2D eigenvalue weighted by atomic mass is 79.9. The van der Waals surface area contributed by atoms with Gasteiger partial charge < -0.3 is 4.57 Å². The number of nitrogens with zero attached hydrogens (tertiary/aromatic N) is 5. The summed E-state index contributed by atoms with van der Waals surface area (Å²) in [4.78, 5) is 23.7. The minimum atomic E-state index is -0.127. The van der Waals surface area contributed by atoms with Crippen LogP contribution in [0.4, 0.5) is 5.13 Å². The molecular formula is C21H17BrClN5OS. The first-order valence-electron chi connectivity index (χ1n) is 8.98. The Labute approximate surface area is 192 Å². The van der Waals surface area contributed by atoms with E-state index in [1.807, 2.05) is 29.0 Å². The van der Waals surface area contributed by atoms with E-state index in [-0.39, 0.29) is 18.3 Å². The number of aromatic nitrogens is 3. The highest BCUT2D eigenvalue weighted by Crippen LogP contribution is 2.31. The molecule has 2 aromatic carbocycles. The van der Waals surface area contributed by atoms with Crippen LogP contribution < -0.4 is 4.90 Å². The summed E-state index contributed by atoms with van der Waals surface area (Å²) in [5.74, 6) is -0.127. The van der Waals surface area contributed by atoms with E-state index >= 15 is 0 Å². The summed E-state index contributed by atoms with van der Waals surface area (Å²) < 4.78 is 3.98. The molecule has 0 aliphatic heterocycles. The fraction of sp³-hybridized carbons (Fsp3) is 0.143. The van der Waals surface area contributed by atoms with Gasteiger partial charge >= 0.3 is 0 Å². The molecule has 0 fully saturated rings. The van der Waals surface area contributed by atoms with Crippen molar-refractivity contribution >= 4 is 60.9 Å². The lowest BCUT2D eigenvalue weighted by atomic mass is 10.1. The number of imidazole rings is 1. The fourth-order valence-corrected chi connectivity index (χ4v) is 4.50. The third kappa shape index (κ3) is 4.87. The SMILES string of the molecule is Cl.N#Cc1ccc(C(=O)N(CCCn2ccnc2)c2nc3ccc(Br)cc3s2)cc1. The quantitative estimate of drug-likeness (QED) is 0.359. The number of nitriles is 1. The van der Waals surface area contributed by atoms with Gasteiger partial charge in [0, 0.05) is 35.5 Å². The number of rotatable bonds is 6. The molecule has 30 heavy (non-hydrogen) atoms. The zero-order valence-corrected chi connectivity index (χ0v) is 19.0. The standard InChI is InChI=1S/C21H16BrN5OS.ClH/c22-17-6-7-18-19(12-17)29-21(25-18)27(10-1-9-26-11-8-24-14-26)20(28)16-4-2-15(13-23)3-5-16;/h2-8,11-12,14H,1,9-10H2;1H. The molecule has 6 nitrogen and oxygen atoms in total. The van der Waals surface area contributed by atoms with Gasteiger partial charge in [-0.3, -0.25) is 9.69 Å². The summed E-state index contributed by atoms with van der Waals surface area (Å²) in [5.41, 5.74) is 1.92. The molecule has 0 spiro atoms. The van der Waals surface area contributed by atoms with Gasteiger partial charge in [0.05, 0.1) is 28.2 Å². The van der Waals surface area contributed by atoms with Gasteiger partial charge in [-0.05, 0) is 48.9 Å². The van der Waals surface area contributed by atoms with Crippen LogP contribution in [-0.4, -0.2) is 27.0 Å². The van der Waals surface area contributed by atoms with Crippen LogP contribution in [0.3, 0.4) is 0 Å². The topological polar surface area (TPSA) is 74.8 Å². The van der Waals surface area contributed by atoms with E-state index in [0.717, 1.165) is 27.7 Å². The van der Waals surface area contributed by atoms with Crippen molar-refractivity contribution in [3.8, 4) is 6.07 Å². The van der Waals surface area contributed by atoms with Crippen molar-refractivity contribution in [2.24, 2.45) is 0 Å². The van der Waals surface area contributed by atoms with Gasteiger partial charge in [0.15, 0.2) is 5.13 Å². The van der Waals surface area contributed by atoms with Gasteiger partial charge in [0.1, 0.15) is 0 Å². The molecular weight excluding hydrogens is 486 g/mol. The first kappa shape index (κ1) is 22.0. The molecule has 0 unspecified atom stereocenters. The molecule has 9 heteroatoms. The van der Waals surface area contributed by atoms with Crippen molar-refractivity contribution in [2.75, 3.05) is 11.4 Å². The van der Waals surface area contributed by atoms with Gasteiger partial charge in [-0.25, -0.2) is 9.97 Å². The van der Waals surface area contributed by atoms with E-state index in [1.54, 1.807) is 41.7 Å². The van der Waals surface area contributed by atoms with Gasteiger partial charge in [0.25, 0.3) is 5.91 Å². The van der Waals surface area contributed by atoms with Crippen LogP contribution in [0.2, 0.25) is 0 Å². The minimum Gasteiger partial charge on any atom is -0.337 e. The molecule has 0 aliphatic rings. The van der Waals surface area contributed by atoms with Crippen molar-refractivity contribution in [3.05, 3.63) is 76.8 Å². The summed E-state index contributed by atoms with van der Waals surface area (Å²) in [6.45, 7) is 1.28. The number of aryl methyl sites for hydroxylation is 1. The van der Waals surface area contributed by atoms with Crippen LogP contribution in [0.1, 0.15) is 22.3 Å². The number of fused-ring (bicyclic) bond motifs is 1. The number of halogens is 2. The van der Waals surface area contributed by atoms with Crippen molar-refractivity contribution in [1.82, 2.24) is 14.5 Å². The lowest BCUT2D eigenvalue weighted by molar-refractivity contribution is 0.0986. The number of anilines is 1. The van der Waals surface area contributed by atoms with E-state index in [1.165, 1.54) is 11.3 Å². The molecule has 0 N–H and O–H groups in total. The summed E-state index contributed by atoms with van der Waals surface area (Å²) in [6, 6.07) is 14.7. The lowest BCUT2D eigenvalue weighted by Gasteiger charge is -2.20.